The van der Waals surface area contributed by atoms with Gasteiger partial charge < -0.3 is 25.6 Å². The van der Waals surface area contributed by atoms with Crippen molar-refractivity contribution >= 4 is 33.1 Å². The predicted molar refractivity (Wildman–Crippen MR) is 101 cm³/mol. The van der Waals surface area contributed by atoms with Gasteiger partial charge in [-0.05, 0) is 19.1 Å². The van der Waals surface area contributed by atoms with E-state index in [1.54, 1.807) is 30.3 Å². The van der Waals surface area contributed by atoms with Crippen LogP contribution in [0.5, 0.6) is 5.75 Å². The topological polar surface area (TPSA) is 226 Å². The van der Waals surface area contributed by atoms with Crippen molar-refractivity contribution in [1.82, 2.24) is 0 Å². The van der Waals surface area contributed by atoms with E-state index in [0.717, 1.165) is 6.92 Å². The number of phenolic OH excluding ortho intramolecular Hbond substituents is 1. The van der Waals surface area contributed by atoms with Crippen LogP contribution in [0, 0.1) is 10.1 Å². The molecule has 166 valence electrons. The van der Waals surface area contributed by atoms with Gasteiger partial charge in [-0.3, -0.25) is 14.9 Å². The van der Waals surface area contributed by atoms with Crippen LogP contribution < -0.4 is 34.9 Å². The Labute approximate surface area is 214 Å². The molecular weight excluding hydrogens is 499 g/mol. The molecule has 0 radical (unpaired) electrons. The number of allylic oxidation sites excluding steroid dienone is 1. The van der Waals surface area contributed by atoms with Gasteiger partial charge in [0.2, 0.25) is 0 Å². The average Bonchev–Trinajstić information content (AvgIpc) is 2.62. The number of nitrogens with zero attached hydrogens (tertiary/aromatic N) is 3. The first-order chi connectivity index (χ1) is 13.5. The Kier molecular flexibility index (Phi) is 13.2. The maximum Gasteiger partial charge on any atom is 1.00 e. The van der Waals surface area contributed by atoms with Gasteiger partial charge in [-0.15, -0.1) is 10.2 Å². The molecule has 0 aliphatic heterocycles. The molecule has 0 aliphatic rings. The second-order valence-corrected chi connectivity index (χ2v) is 6.83. The molecule has 0 fully saturated rings. The van der Waals surface area contributed by atoms with Gasteiger partial charge >= 0.3 is 29.6 Å². The summed E-state index contributed by atoms with van der Waals surface area (Å²) in [4.78, 5) is 20.9. The van der Waals surface area contributed by atoms with Gasteiger partial charge in [-0.1, -0.05) is 18.2 Å². The number of hydrogen-bond donors (Lipinski definition) is 3. The largest absolute Gasteiger partial charge is 1.00 e. The van der Waals surface area contributed by atoms with Crippen molar-refractivity contribution in [3.8, 4) is 5.75 Å². The Bertz CT molecular complexity index is 1140. The van der Waals surface area contributed by atoms with Crippen LogP contribution in [0.2, 0.25) is 0 Å². The van der Waals surface area contributed by atoms with Crippen LogP contribution in [0.1, 0.15) is 6.92 Å². The standard InChI is InChI=1S/C16H14N4O8S.Cr.Na.H2O/c1-9(21)14(16(23)17-10-5-3-2-4-6-10)19-18-12-7-11(20(24)25)8-13(15(12)22)29(26,27)28;;;/h2-8,21-22H,1H3,(H,17,23)(H,26,27,28);;;1H2/q;;+1;/p-1/b14-9-,19-18?;;;. The van der Waals surface area contributed by atoms with Crippen LogP contribution in [-0.4, -0.2) is 39.5 Å². The molecule has 1 amide bonds. The number of aliphatic hydroxyl groups is 1. The number of hydrogen-bond acceptors (Lipinski definition) is 10. The Morgan fingerprint density at radius 3 is 2.22 bits per heavy atom. The molecule has 13 nitrogen and oxygen atoms in total. The Morgan fingerprint density at radius 1 is 1.19 bits per heavy atom. The average molecular weight is 514 g/mol. The van der Waals surface area contributed by atoms with E-state index in [2.05, 4.69) is 15.5 Å². The van der Waals surface area contributed by atoms with E-state index in [1.807, 2.05) is 0 Å². The van der Waals surface area contributed by atoms with Gasteiger partial charge in [-0.25, -0.2) is 8.42 Å². The fourth-order valence-corrected chi connectivity index (χ4v) is 2.66. The first kappa shape index (κ1) is 31.8. The third kappa shape index (κ3) is 8.30. The van der Waals surface area contributed by atoms with E-state index < -0.39 is 54.4 Å². The Balaban J connectivity index is 0. The Morgan fingerprint density at radius 2 is 1.75 bits per heavy atom. The second kappa shape index (κ2) is 13.3. The zero-order valence-corrected chi connectivity index (χ0v) is 20.6. The zero-order valence-electron chi connectivity index (χ0n) is 16.5. The van der Waals surface area contributed by atoms with Gasteiger partial charge in [0.15, 0.2) is 11.4 Å². The summed E-state index contributed by atoms with van der Waals surface area (Å²) >= 11 is 0. The summed E-state index contributed by atoms with van der Waals surface area (Å²) in [5, 5.41) is 39.8. The predicted octanol–water partition coefficient (Wildman–Crippen LogP) is -1.11. The molecule has 2 aromatic rings. The molecule has 0 spiro atoms. The van der Waals surface area contributed by atoms with Crippen molar-refractivity contribution < 1.29 is 85.3 Å². The van der Waals surface area contributed by atoms with E-state index in [9.17, 15) is 38.1 Å². The number of rotatable bonds is 6. The molecule has 2 rings (SSSR count). The van der Waals surface area contributed by atoms with Crippen LogP contribution in [0.15, 0.2) is 69.0 Å². The van der Waals surface area contributed by atoms with E-state index >= 15 is 0 Å². The summed E-state index contributed by atoms with van der Waals surface area (Å²) < 4.78 is 33.6. The summed E-state index contributed by atoms with van der Waals surface area (Å²) in [6.45, 7) is 1.11. The van der Waals surface area contributed by atoms with Crippen molar-refractivity contribution in [1.29, 1.82) is 0 Å². The number of carbonyl (C=O) groups is 1. The number of amides is 1. The second-order valence-electron chi connectivity index (χ2n) is 5.48. The maximum absolute atomic E-state index is 12.3. The SMILES string of the molecule is C/C(O)=C(/N=Nc1cc([N+](=O)[O-])cc(S(=O)(=O)[O-])c1O)C(=O)Nc1ccccc1.O.[Cr].[Na+]. The molecule has 0 aromatic heterocycles. The van der Waals surface area contributed by atoms with Gasteiger partial charge in [0.25, 0.3) is 11.6 Å². The number of aliphatic hydroxyl groups excluding tert-OH is 1. The van der Waals surface area contributed by atoms with Crippen molar-refractivity contribution in [2.45, 2.75) is 11.8 Å². The fourth-order valence-electron chi connectivity index (χ4n) is 2.05. The number of non-ortho nitro benzene ring substituents is 1. The van der Waals surface area contributed by atoms with Crippen LogP contribution in [-0.2, 0) is 32.3 Å². The van der Waals surface area contributed by atoms with Crippen LogP contribution in [0.4, 0.5) is 17.1 Å². The molecule has 0 saturated carbocycles. The number of para-hydroxylation sites is 1. The van der Waals surface area contributed by atoms with E-state index in [0.29, 0.717) is 17.8 Å². The minimum atomic E-state index is -5.27. The third-order valence-electron chi connectivity index (χ3n) is 3.37. The van der Waals surface area contributed by atoms with E-state index in [4.69, 9.17) is 0 Å². The number of phenols is 1. The van der Waals surface area contributed by atoms with Crippen molar-refractivity contribution in [3.05, 3.63) is 64.0 Å². The van der Waals surface area contributed by atoms with Gasteiger partial charge in [0.1, 0.15) is 26.5 Å². The van der Waals surface area contributed by atoms with Gasteiger partial charge in [-0.2, -0.15) is 0 Å². The first-order valence-electron chi connectivity index (χ1n) is 7.66. The number of azo groups is 1. The summed E-state index contributed by atoms with van der Waals surface area (Å²) in [5.41, 5.74) is -1.87. The van der Waals surface area contributed by atoms with E-state index in [-0.39, 0.29) is 52.4 Å². The maximum atomic E-state index is 12.3. The molecule has 0 bridgehead atoms. The van der Waals surface area contributed by atoms with Crippen LogP contribution in [0.25, 0.3) is 0 Å². The van der Waals surface area contributed by atoms with Crippen molar-refractivity contribution in [2.75, 3.05) is 5.32 Å². The normalized spacial score (nSPS) is 11.3. The zero-order chi connectivity index (χ0) is 21.8. The van der Waals surface area contributed by atoms with Crippen molar-refractivity contribution in [2.24, 2.45) is 10.2 Å². The molecule has 16 heteroatoms. The summed E-state index contributed by atoms with van der Waals surface area (Å²) in [6.07, 6.45) is 0. The fraction of sp³-hybridized carbons (Fsp3) is 0.0625. The summed E-state index contributed by atoms with van der Waals surface area (Å²) in [7, 11) is -5.27. The third-order valence-corrected chi connectivity index (χ3v) is 4.22. The minimum Gasteiger partial charge on any atom is -0.744 e. The van der Waals surface area contributed by atoms with Crippen molar-refractivity contribution in [3.63, 3.8) is 0 Å². The number of anilines is 1. The summed E-state index contributed by atoms with van der Waals surface area (Å²) in [5.74, 6) is -2.67. The quantitative estimate of drug-likeness (QED) is 0.0813. The van der Waals surface area contributed by atoms with E-state index in [1.165, 1.54) is 0 Å². The van der Waals surface area contributed by atoms with Gasteiger partial charge in [0, 0.05) is 35.2 Å². The molecule has 5 N–H and O–H groups in total. The number of nitro groups is 1. The number of carbonyl (C=O) groups excluding carboxylic acids is 1. The first-order valence-corrected chi connectivity index (χ1v) is 9.07. The number of benzene rings is 2. The Hall–Kier alpha value is -2.35. The monoisotopic (exact) mass is 514 g/mol. The molecule has 32 heavy (non-hydrogen) atoms. The minimum absolute atomic E-state index is 0. The number of nitrogens with one attached hydrogen (secondary N) is 1. The molecule has 2 aromatic carbocycles. The van der Waals surface area contributed by atoms with Crippen LogP contribution in [0.3, 0.4) is 0 Å². The van der Waals surface area contributed by atoms with Gasteiger partial charge in [0.05, 0.1) is 4.92 Å². The number of aromatic hydroxyl groups is 1. The smallest absolute Gasteiger partial charge is 0.744 e. The molecule has 0 unspecified atom stereocenters. The molecular formula is C16H15CrN4NaO9S. The molecule has 0 atom stereocenters. The molecule has 0 heterocycles. The van der Waals surface area contributed by atoms with Crippen LogP contribution >= 0.6 is 0 Å². The number of nitro benzene ring substituents is 1. The molecule has 0 aliphatic carbocycles. The molecule has 0 saturated heterocycles. The summed E-state index contributed by atoms with van der Waals surface area (Å²) in [6, 6.07) is 9.10.